The number of hydrogen-bond acceptors (Lipinski definition) is 3. The third-order valence-corrected chi connectivity index (χ3v) is 6.02. The molecular formula is C24H19Cl2NO4. The molecule has 0 saturated heterocycles. The number of rotatable bonds is 6. The van der Waals surface area contributed by atoms with E-state index in [1.807, 2.05) is 36.4 Å². The Morgan fingerprint density at radius 2 is 1.45 bits per heavy atom. The number of amides is 1. The number of aliphatic carboxylic acids is 1. The highest BCUT2D eigenvalue weighted by Gasteiger charge is 2.30. The van der Waals surface area contributed by atoms with Crippen LogP contribution in [0.4, 0.5) is 4.79 Å². The molecule has 0 bridgehead atoms. The molecule has 1 amide bonds. The van der Waals surface area contributed by atoms with Gasteiger partial charge in [0.05, 0.1) is 12.5 Å². The summed E-state index contributed by atoms with van der Waals surface area (Å²) in [7, 11) is 0. The van der Waals surface area contributed by atoms with Crippen LogP contribution < -0.4 is 5.32 Å². The summed E-state index contributed by atoms with van der Waals surface area (Å²) in [6.07, 6.45) is -1.11. The normalized spacial score (nSPS) is 13.2. The first-order valence-electron chi connectivity index (χ1n) is 9.73. The largest absolute Gasteiger partial charge is 0.481 e. The SMILES string of the molecule is O=C(O)C[C@@H](NC(=O)OCC1c2ccccc2-c2ccccc21)c1c(Cl)cccc1Cl. The van der Waals surface area contributed by atoms with E-state index in [1.54, 1.807) is 18.2 Å². The van der Waals surface area contributed by atoms with E-state index >= 15 is 0 Å². The summed E-state index contributed by atoms with van der Waals surface area (Å²) >= 11 is 12.4. The molecule has 0 spiro atoms. The maximum absolute atomic E-state index is 12.6. The number of carboxylic acid groups (broad SMARTS) is 1. The minimum Gasteiger partial charge on any atom is -0.481 e. The van der Waals surface area contributed by atoms with Crippen LogP contribution in [0.25, 0.3) is 11.1 Å². The van der Waals surface area contributed by atoms with Crippen LogP contribution in [0.3, 0.4) is 0 Å². The highest BCUT2D eigenvalue weighted by atomic mass is 35.5. The lowest BCUT2D eigenvalue weighted by molar-refractivity contribution is -0.137. The van der Waals surface area contributed by atoms with E-state index in [2.05, 4.69) is 17.4 Å². The Hall–Kier alpha value is -3.02. The zero-order valence-electron chi connectivity index (χ0n) is 16.3. The van der Waals surface area contributed by atoms with E-state index in [0.717, 1.165) is 22.3 Å². The number of ether oxygens (including phenoxy) is 1. The maximum Gasteiger partial charge on any atom is 0.407 e. The second kappa shape index (κ2) is 9.00. The third kappa shape index (κ3) is 4.38. The minimum atomic E-state index is -1.10. The fourth-order valence-corrected chi connectivity index (χ4v) is 4.69. The smallest absolute Gasteiger partial charge is 0.407 e. The molecule has 0 radical (unpaired) electrons. The van der Waals surface area contributed by atoms with Gasteiger partial charge in [0.25, 0.3) is 0 Å². The summed E-state index contributed by atoms with van der Waals surface area (Å²) in [4.78, 5) is 23.9. The Labute approximate surface area is 189 Å². The molecule has 0 aromatic heterocycles. The van der Waals surface area contributed by atoms with E-state index in [0.29, 0.717) is 5.56 Å². The van der Waals surface area contributed by atoms with Crippen LogP contribution in [0.2, 0.25) is 10.0 Å². The molecule has 0 heterocycles. The van der Waals surface area contributed by atoms with Crippen LogP contribution in [-0.2, 0) is 9.53 Å². The lowest BCUT2D eigenvalue weighted by Crippen LogP contribution is -2.32. The van der Waals surface area contributed by atoms with Gasteiger partial charge in [0.1, 0.15) is 6.61 Å². The van der Waals surface area contributed by atoms with Crippen molar-refractivity contribution in [3.8, 4) is 11.1 Å². The van der Waals surface area contributed by atoms with E-state index in [4.69, 9.17) is 27.9 Å². The number of hydrogen-bond donors (Lipinski definition) is 2. The van der Waals surface area contributed by atoms with E-state index in [9.17, 15) is 14.7 Å². The molecule has 0 unspecified atom stereocenters. The lowest BCUT2D eigenvalue weighted by Gasteiger charge is -2.21. The van der Waals surface area contributed by atoms with Gasteiger partial charge in [0, 0.05) is 21.5 Å². The molecular weight excluding hydrogens is 437 g/mol. The fraction of sp³-hybridized carbons (Fsp3) is 0.167. The molecule has 0 aliphatic heterocycles. The molecule has 31 heavy (non-hydrogen) atoms. The fourth-order valence-electron chi connectivity index (χ4n) is 4.03. The summed E-state index contributed by atoms with van der Waals surface area (Å²) in [5.41, 5.74) is 4.78. The average molecular weight is 456 g/mol. The van der Waals surface area contributed by atoms with Crippen LogP contribution in [0.15, 0.2) is 66.7 Å². The van der Waals surface area contributed by atoms with Gasteiger partial charge in [-0.15, -0.1) is 0 Å². The number of halogens is 2. The first kappa shape index (κ1) is 21.2. The van der Waals surface area contributed by atoms with Gasteiger partial charge in [-0.2, -0.15) is 0 Å². The Balaban J connectivity index is 1.51. The Bertz CT molecular complexity index is 1080. The van der Waals surface area contributed by atoms with Gasteiger partial charge >= 0.3 is 12.1 Å². The molecule has 4 rings (SSSR count). The molecule has 5 nitrogen and oxygen atoms in total. The van der Waals surface area contributed by atoms with Crippen molar-refractivity contribution in [1.82, 2.24) is 5.32 Å². The van der Waals surface area contributed by atoms with Crippen molar-refractivity contribution in [2.75, 3.05) is 6.61 Å². The van der Waals surface area contributed by atoms with Crippen molar-refractivity contribution in [2.24, 2.45) is 0 Å². The summed E-state index contributed by atoms with van der Waals surface area (Å²) in [5.74, 6) is -1.19. The topological polar surface area (TPSA) is 75.6 Å². The van der Waals surface area contributed by atoms with E-state index < -0.39 is 18.1 Å². The first-order chi connectivity index (χ1) is 15.0. The first-order valence-corrected chi connectivity index (χ1v) is 10.5. The lowest BCUT2D eigenvalue weighted by atomic mass is 9.98. The van der Waals surface area contributed by atoms with Crippen LogP contribution in [0, 0.1) is 0 Å². The van der Waals surface area contributed by atoms with Gasteiger partial charge in [-0.05, 0) is 34.4 Å². The number of fused-ring (bicyclic) bond motifs is 3. The highest BCUT2D eigenvalue weighted by Crippen LogP contribution is 2.44. The van der Waals surface area contributed by atoms with Crippen molar-refractivity contribution < 1.29 is 19.4 Å². The summed E-state index contributed by atoms with van der Waals surface area (Å²) in [6.45, 7) is 0.121. The van der Waals surface area contributed by atoms with Crippen LogP contribution in [-0.4, -0.2) is 23.8 Å². The van der Waals surface area contributed by atoms with Crippen LogP contribution >= 0.6 is 23.2 Å². The van der Waals surface area contributed by atoms with Gasteiger partial charge in [-0.25, -0.2) is 4.79 Å². The molecule has 0 fully saturated rings. The van der Waals surface area contributed by atoms with Crippen LogP contribution in [0.5, 0.6) is 0 Å². The monoisotopic (exact) mass is 455 g/mol. The van der Waals surface area contributed by atoms with Crippen molar-refractivity contribution in [3.63, 3.8) is 0 Å². The van der Waals surface area contributed by atoms with Crippen molar-refractivity contribution in [3.05, 3.63) is 93.5 Å². The van der Waals surface area contributed by atoms with Gasteiger partial charge in [-0.3, -0.25) is 4.79 Å². The number of carbonyl (C=O) groups is 2. The molecule has 7 heteroatoms. The molecule has 1 aliphatic carbocycles. The molecule has 1 atom stereocenters. The van der Waals surface area contributed by atoms with Gasteiger partial charge in [-0.1, -0.05) is 77.8 Å². The molecule has 2 N–H and O–H groups in total. The number of nitrogens with one attached hydrogen (secondary N) is 1. The average Bonchev–Trinajstić information content (AvgIpc) is 3.05. The number of benzene rings is 3. The molecule has 1 aliphatic rings. The van der Waals surface area contributed by atoms with Gasteiger partial charge in [0.2, 0.25) is 0 Å². The molecule has 3 aromatic carbocycles. The zero-order valence-corrected chi connectivity index (χ0v) is 17.9. The predicted octanol–water partition coefficient (Wildman–Crippen LogP) is 6.05. The number of carboxylic acids is 1. The van der Waals surface area contributed by atoms with Gasteiger partial charge < -0.3 is 15.2 Å². The Kier molecular flexibility index (Phi) is 6.16. The van der Waals surface area contributed by atoms with Crippen LogP contribution in [0.1, 0.15) is 35.1 Å². The molecule has 3 aromatic rings. The Morgan fingerprint density at radius 1 is 0.903 bits per heavy atom. The third-order valence-electron chi connectivity index (χ3n) is 5.36. The second-order valence-corrected chi connectivity index (χ2v) is 8.07. The summed E-state index contributed by atoms with van der Waals surface area (Å²) < 4.78 is 5.52. The summed E-state index contributed by atoms with van der Waals surface area (Å²) in [5, 5.41) is 12.4. The summed E-state index contributed by atoms with van der Waals surface area (Å²) in [6, 6.07) is 20.0. The quantitative estimate of drug-likeness (QED) is 0.474. The second-order valence-electron chi connectivity index (χ2n) is 7.26. The van der Waals surface area contributed by atoms with Crippen molar-refractivity contribution in [2.45, 2.75) is 18.4 Å². The van der Waals surface area contributed by atoms with Crippen molar-refractivity contribution in [1.29, 1.82) is 0 Å². The van der Waals surface area contributed by atoms with E-state index in [1.165, 1.54) is 0 Å². The zero-order chi connectivity index (χ0) is 22.0. The van der Waals surface area contributed by atoms with Gasteiger partial charge in [0.15, 0.2) is 0 Å². The van der Waals surface area contributed by atoms with Crippen molar-refractivity contribution >= 4 is 35.3 Å². The maximum atomic E-state index is 12.6. The number of carbonyl (C=O) groups excluding carboxylic acids is 1. The number of alkyl carbamates (subject to hydrolysis) is 1. The molecule has 158 valence electrons. The predicted molar refractivity (Wildman–Crippen MR) is 120 cm³/mol. The molecule has 0 saturated carbocycles. The van der Waals surface area contributed by atoms with E-state index in [-0.39, 0.29) is 29.0 Å². The standard InChI is InChI=1S/C24H19Cl2NO4/c25-19-10-5-11-20(26)23(19)21(12-22(28)29)27-24(30)31-13-18-16-8-3-1-6-14(16)15-7-2-4-9-17(15)18/h1-11,18,21H,12-13H2,(H,27,30)(H,28,29)/t21-/m1/s1. The Morgan fingerprint density at radius 3 is 2.00 bits per heavy atom. The highest BCUT2D eigenvalue weighted by molar-refractivity contribution is 6.36. The minimum absolute atomic E-state index is 0.0972.